The molecule has 0 aliphatic carbocycles. The van der Waals surface area contributed by atoms with E-state index in [9.17, 15) is 0 Å². The molecule has 3 saturated heterocycles. The van der Waals surface area contributed by atoms with E-state index in [0.29, 0.717) is 0 Å². The van der Waals surface area contributed by atoms with E-state index in [4.69, 9.17) is 9.47 Å². The number of aryl methyl sites for hydroxylation is 2. The second kappa shape index (κ2) is 15.2. The Morgan fingerprint density at radius 1 is 0.500 bits per heavy atom. The first-order chi connectivity index (χ1) is 28.5. The van der Waals surface area contributed by atoms with Gasteiger partial charge in [-0.05, 0) is 47.5 Å². The van der Waals surface area contributed by atoms with Gasteiger partial charge in [0.25, 0.3) is 0 Å². The predicted octanol–water partition coefficient (Wildman–Crippen LogP) is 8.14. The van der Waals surface area contributed by atoms with Crippen LogP contribution in [0.1, 0.15) is 36.8 Å². The molecule has 8 heteroatoms. The molecule has 58 heavy (non-hydrogen) atoms. The summed E-state index contributed by atoms with van der Waals surface area (Å²) in [4.78, 5) is 4.27. The monoisotopic (exact) mass is 772 g/mol. The van der Waals surface area contributed by atoms with Gasteiger partial charge in [-0.25, -0.2) is 0 Å². The molecule has 2 aromatic heterocycles. The van der Waals surface area contributed by atoms with E-state index >= 15 is 0 Å². The largest absolute Gasteiger partial charge is 0.439 e. The fourth-order valence-electron chi connectivity index (χ4n) is 10.1. The van der Waals surface area contributed by atoms with Crippen molar-refractivity contribution < 1.29 is 27.6 Å². The molecule has 6 aromatic rings. The molecule has 0 spiro atoms. The maximum atomic E-state index is 6.22. The number of ether oxygens (including phenoxy) is 2. The Balaban J connectivity index is 0.709. The number of unbranched alkanes of at least 4 members (excludes halogenated alkanes) is 2. The van der Waals surface area contributed by atoms with Crippen molar-refractivity contribution in [1.82, 2.24) is 0 Å². The first-order valence-corrected chi connectivity index (χ1v) is 21.4. The molecule has 0 radical (unpaired) electrons. The molecule has 4 aromatic carbocycles. The molecule has 0 saturated carbocycles. The first-order valence-electron chi connectivity index (χ1n) is 21.4. The summed E-state index contributed by atoms with van der Waals surface area (Å²) in [7, 11) is 4.15. The van der Waals surface area contributed by atoms with Crippen molar-refractivity contribution >= 4 is 45.3 Å². The van der Waals surface area contributed by atoms with Gasteiger partial charge in [-0.1, -0.05) is 48.5 Å². The van der Waals surface area contributed by atoms with Gasteiger partial charge in [0.1, 0.15) is 52.4 Å². The highest BCUT2D eigenvalue weighted by Gasteiger charge is 2.48. The summed E-state index contributed by atoms with van der Waals surface area (Å²) < 4.78 is 20.0. The lowest BCUT2D eigenvalue weighted by Crippen LogP contribution is -2.75. The zero-order valence-electron chi connectivity index (χ0n) is 34.1. The molecule has 0 unspecified atom stereocenters. The topological polar surface area (TPSA) is 32.7 Å². The van der Waals surface area contributed by atoms with Gasteiger partial charge in [-0.2, -0.15) is 9.13 Å². The number of piperazine rings is 3. The van der Waals surface area contributed by atoms with Crippen molar-refractivity contribution in [3.8, 4) is 11.5 Å². The van der Waals surface area contributed by atoms with Crippen molar-refractivity contribution in [3.63, 3.8) is 0 Å². The molecule has 2 bridgehead atoms. The number of aromatic nitrogens is 2. The number of hydrogen-bond donors (Lipinski definition) is 0. The molecule has 3 fully saturated rings. The third-order valence-electron chi connectivity index (χ3n) is 13.7. The Kier molecular flexibility index (Phi) is 9.62. The van der Waals surface area contributed by atoms with Crippen LogP contribution in [-0.2, 0) is 13.1 Å². The molecular weight excluding hydrogens is 717 g/mol. The zero-order valence-corrected chi connectivity index (χ0v) is 34.1. The van der Waals surface area contributed by atoms with Crippen LogP contribution in [0.3, 0.4) is 0 Å². The van der Waals surface area contributed by atoms with Crippen molar-refractivity contribution in [2.45, 2.75) is 38.8 Å². The summed E-state index contributed by atoms with van der Waals surface area (Å²) in [5, 5.41) is 2.53. The van der Waals surface area contributed by atoms with Crippen molar-refractivity contribution in [3.05, 3.63) is 144 Å². The van der Waals surface area contributed by atoms with Gasteiger partial charge in [0, 0.05) is 76.2 Å². The number of anilines is 2. The van der Waals surface area contributed by atoms with Crippen LogP contribution in [0.2, 0.25) is 0 Å². The minimum Gasteiger partial charge on any atom is -0.439 e. The molecule has 5 aliphatic rings. The highest BCUT2D eigenvalue weighted by molar-refractivity contribution is 5.88. The van der Waals surface area contributed by atoms with Gasteiger partial charge in [0.15, 0.2) is 23.9 Å². The average molecular weight is 773 g/mol. The number of para-hydroxylation sites is 6. The molecular formula is C50H56N6O2+4. The average Bonchev–Trinajstić information content (AvgIpc) is 3.77. The van der Waals surface area contributed by atoms with Gasteiger partial charge in [0.05, 0.1) is 35.2 Å². The molecule has 0 amide bonds. The molecule has 7 heterocycles. The fraction of sp³-hybridized carbons (Fsp3) is 0.320. The molecule has 5 aliphatic heterocycles. The normalized spacial score (nSPS) is 22.2. The van der Waals surface area contributed by atoms with E-state index in [1.807, 2.05) is 24.3 Å². The van der Waals surface area contributed by atoms with Crippen LogP contribution in [-0.4, -0.2) is 75.4 Å². The predicted molar refractivity (Wildman–Crippen MR) is 233 cm³/mol. The Morgan fingerprint density at radius 3 is 1.33 bits per heavy atom. The summed E-state index contributed by atoms with van der Waals surface area (Å²) >= 11 is 0. The quantitative estimate of drug-likeness (QED) is 0.0715. The van der Waals surface area contributed by atoms with Crippen LogP contribution in [0.5, 0.6) is 11.5 Å². The van der Waals surface area contributed by atoms with Crippen LogP contribution < -0.4 is 28.4 Å². The summed E-state index contributed by atoms with van der Waals surface area (Å²) in [6, 6.07) is 38.6. The third kappa shape index (κ3) is 6.88. The summed E-state index contributed by atoms with van der Waals surface area (Å²) in [5.41, 5.74) is 7.16. The molecule has 8 nitrogen and oxygen atoms in total. The van der Waals surface area contributed by atoms with E-state index in [2.05, 4.69) is 143 Å². The maximum Gasteiger partial charge on any atom is 0.213 e. The van der Waals surface area contributed by atoms with Crippen molar-refractivity contribution in [2.75, 3.05) is 76.3 Å². The van der Waals surface area contributed by atoms with Crippen molar-refractivity contribution in [2.24, 2.45) is 0 Å². The van der Waals surface area contributed by atoms with Crippen LogP contribution in [0.4, 0.5) is 11.4 Å². The van der Waals surface area contributed by atoms with E-state index in [-0.39, 0.29) is 0 Å². The fourth-order valence-corrected chi connectivity index (χ4v) is 10.1. The summed E-state index contributed by atoms with van der Waals surface area (Å²) in [5.74, 6) is 3.55. The minimum atomic E-state index is 0.863. The van der Waals surface area contributed by atoms with Gasteiger partial charge in [-0.3, -0.25) is 0 Å². The lowest BCUT2D eigenvalue weighted by molar-refractivity contribution is -1.08. The summed E-state index contributed by atoms with van der Waals surface area (Å²) in [6.45, 7) is 12.8. The van der Waals surface area contributed by atoms with Crippen LogP contribution in [0.25, 0.3) is 34.0 Å². The highest BCUT2D eigenvalue weighted by atomic mass is 16.5. The van der Waals surface area contributed by atoms with E-state index in [0.717, 1.165) is 47.7 Å². The Labute approximate surface area is 342 Å². The second-order valence-electron chi connectivity index (χ2n) is 17.1. The number of fused-ring (bicyclic) bond motifs is 7. The molecule has 294 valence electrons. The van der Waals surface area contributed by atoms with Gasteiger partial charge < -0.3 is 28.2 Å². The van der Waals surface area contributed by atoms with Crippen LogP contribution in [0.15, 0.2) is 133 Å². The Hall–Kier alpha value is -5.70. The van der Waals surface area contributed by atoms with Crippen LogP contribution >= 0.6 is 0 Å². The number of pyridine rings is 2. The maximum absolute atomic E-state index is 6.22. The molecule has 0 N–H and O–H groups in total. The standard InChI is InChI=1S/C50H56N6O2/c1-51-45-19-7-9-21-47(45)57-49(51)37-39-23-27-53(43-17-5-3-15-41(39)43)25-11-13-29-55-31-34-56(35-32-55,36-33-55)30-14-12-26-54-28-24-40(42-16-4-6-18-44(42)54)38-50-52(2)46-20-8-10-22-48(46)58-50/h3-10,15-24,27-28,37-38H,11-14,25-26,29-36H2,1-2H3/q+4. The number of rotatable bonds is 12. The summed E-state index contributed by atoms with van der Waals surface area (Å²) in [6.07, 6.45) is 13.9. The number of nitrogens with zero attached hydrogens (tertiary/aromatic N) is 6. The first kappa shape index (κ1) is 36.6. The number of hydrogen-bond acceptors (Lipinski definition) is 4. The second-order valence-corrected chi connectivity index (χ2v) is 17.1. The SMILES string of the molecule is CN1/C(=C/c2cc[n+](CCCC[N+]34CC[N+](CCCC[n+]5ccc(/C=C6/Oc7ccccc7N6C)c6ccccc65)(CC3)CC4)c3ccccc23)Oc2ccccc21. The van der Waals surface area contributed by atoms with Gasteiger partial charge in [0.2, 0.25) is 22.8 Å². The number of quaternary nitrogens is 2. The minimum absolute atomic E-state index is 0.863. The highest BCUT2D eigenvalue weighted by Crippen LogP contribution is 2.39. The van der Waals surface area contributed by atoms with E-state index in [1.54, 1.807) is 0 Å². The molecule has 0 atom stereocenters. The van der Waals surface area contributed by atoms with Gasteiger partial charge >= 0.3 is 0 Å². The lowest BCUT2D eigenvalue weighted by atomic mass is 10.0. The Morgan fingerprint density at radius 2 is 0.897 bits per heavy atom. The Bertz CT molecular complexity index is 2360. The molecule has 11 rings (SSSR count). The van der Waals surface area contributed by atoms with E-state index in [1.165, 1.54) is 120 Å². The number of benzene rings is 4. The smallest absolute Gasteiger partial charge is 0.213 e. The van der Waals surface area contributed by atoms with E-state index < -0.39 is 0 Å². The van der Waals surface area contributed by atoms with Crippen LogP contribution in [0, 0.1) is 0 Å². The lowest BCUT2D eigenvalue weighted by Gasteiger charge is -2.55. The third-order valence-corrected chi connectivity index (χ3v) is 13.7. The van der Waals surface area contributed by atoms with Gasteiger partial charge in [-0.15, -0.1) is 0 Å². The van der Waals surface area contributed by atoms with Crippen molar-refractivity contribution in [1.29, 1.82) is 0 Å². The zero-order chi connectivity index (χ0) is 39.1.